The van der Waals surface area contributed by atoms with Crippen molar-refractivity contribution in [2.24, 2.45) is 0 Å². The van der Waals surface area contributed by atoms with E-state index in [-0.39, 0.29) is 11.4 Å². The summed E-state index contributed by atoms with van der Waals surface area (Å²) in [6.45, 7) is 4.74. The van der Waals surface area contributed by atoms with E-state index in [0.717, 1.165) is 22.7 Å². The summed E-state index contributed by atoms with van der Waals surface area (Å²) < 4.78 is 13.5. The standard InChI is InChI=1S/C24H23FN4O2/c1-24(2)14-28(18-9-5-17(25)6-10-18)21-11-16(13-26)20(27)12-22(21)29(24)19-7-3-15(4-8-19)23(30)31/h3-13,26H,14,27H2,1-2H3,(H,30,31). The van der Waals surface area contributed by atoms with Gasteiger partial charge in [0.05, 0.1) is 22.5 Å². The second-order valence-corrected chi connectivity index (χ2v) is 8.18. The number of hydrogen-bond donors (Lipinski definition) is 3. The van der Waals surface area contributed by atoms with Gasteiger partial charge in [-0.2, -0.15) is 0 Å². The molecule has 1 aliphatic rings. The summed E-state index contributed by atoms with van der Waals surface area (Å²) in [4.78, 5) is 15.5. The number of aromatic carboxylic acids is 1. The minimum absolute atomic E-state index is 0.213. The van der Waals surface area contributed by atoms with Crippen molar-refractivity contribution in [2.45, 2.75) is 19.4 Å². The van der Waals surface area contributed by atoms with E-state index in [4.69, 9.17) is 11.1 Å². The van der Waals surface area contributed by atoms with Crippen molar-refractivity contribution in [1.29, 1.82) is 5.41 Å². The molecule has 0 radical (unpaired) electrons. The van der Waals surface area contributed by atoms with Gasteiger partial charge in [0.1, 0.15) is 5.82 Å². The van der Waals surface area contributed by atoms with Gasteiger partial charge in [-0.15, -0.1) is 0 Å². The largest absolute Gasteiger partial charge is 0.478 e. The SMILES string of the molecule is CC1(C)CN(c2ccc(F)cc2)c2cc(C=N)c(N)cc2N1c1ccc(C(=O)O)cc1. The van der Waals surface area contributed by atoms with Gasteiger partial charge >= 0.3 is 5.97 Å². The molecule has 6 nitrogen and oxygen atoms in total. The fourth-order valence-corrected chi connectivity index (χ4v) is 4.09. The first-order valence-electron chi connectivity index (χ1n) is 9.82. The summed E-state index contributed by atoms with van der Waals surface area (Å²) in [6.07, 6.45) is 1.21. The Morgan fingerprint density at radius 3 is 2.26 bits per heavy atom. The lowest BCUT2D eigenvalue weighted by Gasteiger charge is -2.50. The van der Waals surface area contributed by atoms with Gasteiger partial charge in [0.25, 0.3) is 0 Å². The second-order valence-electron chi connectivity index (χ2n) is 8.18. The molecule has 1 heterocycles. The first kappa shape index (κ1) is 20.4. The van der Waals surface area contributed by atoms with Crippen LogP contribution in [-0.4, -0.2) is 29.4 Å². The summed E-state index contributed by atoms with van der Waals surface area (Å²) in [5.74, 6) is -1.29. The zero-order valence-corrected chi connectivity index (χ0v) is 17.3. The summed E-state index contributed by atoms with van der Waals surface area (Å²) >= 11 is 0. The number of carbonyl (C=O) groups is 1. The van der Waals surface area contributed by atoms with Crippen LogP contribution in [0.5, 0.6) is 0 Å². The zero-order chi connectivity index (χ0) is 22.3. The molecule has 7 heteroatoms. The number of fused-ring (bicyclic) bond motifs is 1. The number of nitrogen functional groups attached to an aromatic ring is 1. The fraction of sp³-hybridized carbons (Fsp3) is 0.167. The molecule has 4 rings (SSSR count). The van der Waals surface area contributed by atoms with Crippen LogP contribution >= 0.6 is 0 Å². The highest BCUT2D eigenvalue weighted by atomic mass is 19.1. The average Bonchev–Trinajstić information content (AvgIpc) is 2.73. The fourth-order valence-electron chi connectivity index (χ4n) is 4.09. The van der Waals surface area contributed by atoms with Crippen molar-refractivity contribution in [2.75, 3.05) is 22.1 Å². The molecule has 1 aliphatic heterocycles. The number of anilines is 5. The Bertz CT molecular complexity index is 1160. The highest BCUT2D eigenvalue weighted by Crippen LogP contribution is 2.48. The lowest BCUT2D eigenvalue weighted by atomic mass is 9.93. The number of nitrogens with two attached hydrogens (primary N) is 1. The Labute approximate surface area is 179 Å². The smallest absolute Gasteiger partial charge is 0.335 e. The number of nitrogens with zero attached hydrogens (tertiary/aromatic N) is 2. The van der Waals surface area contributed by atoms with E-state index >= 15 is 0 Å². The number of halogens is 1. The van der Waals surface area contributed by atoms with Crippen LogP contribution in [0.2, 0.25) is 0 Å². The van der Waals surface area contributed by atoms with E-state index in [1.807, 2.05) is 12.1 Å². The van der Waals surface area contributed by atoms with Crippen molar-refractivity contribution in [3.05, 3.63) is 77.6 Å². The van der Waals surface area contributed by atoms with E-state index in [1.165, 1.54) is 18.3 Å². The van der Waals surface area contributed by atoms with Gasteiger partial charge in [0, 0.05) is 35.4 Å². The van der Waals surface area contributed by atoms with Crippen LogP contribution in [0.3, 0.4) is 0 Å². The monoisotopic (exact) mass is 418 g/mol. The molecule has 0 aliphatic carbocycles. The molecule has 0 saturated heterocycles. The third-order valence-electron chi connectivity index (χ3n) is 5.53. The molecule has 0 bridgehead atoms. The molecule has 0 spiro atoms. The molecule has 3 aromatic carbocycles. The molecule has 0 unspecified atom stereocenters. The number of carboxylic acids is 1. The summed E-state index contributed by atoms with van der Waals surface area (Å²) in [7, 11) is 0. The highest BCUT2D eigenvalue weighted by Gasteiger charge is 2.38. The number of rotatable bonds is 4. The van der Waals surface area contributed by atoms with Gasteiger partial charge in [-0.3, -0.25) is 0 Å². The van der Waals surface area contributed by atoms with Crippen molar-refractivity contribution in [3.63, 3.8) is 0 Å². The van der Waals surface area contributed by atoms with Crippen molar-refractivity contribution < 1.29 is 14.3 Å². The van der Waals surface area contributed by atoms with Crippen LogP contribution < -0.4 is 15.5 Å². The Morgan fingerprint density at radius 2 is 1.68 bits per heavy atom. The lowest BCUT2D eigenvalue weighted by molar-refractivity contribution is 0.0697. The van der Waals surface area contributed by atoms with Crippen LogP contribution in [0.1, 0.15) is 29.8 Å². The van der Waals surface area contributed by atoms with E-state index in [1.54, 1.807) is 36.4 Å². The van der Waals surface area contributed by atoms with Crippen LogP contribution in [0.4, 0.5) is 32.8 Å². The number of nitrogens with one attached hydrogen (secondary N) is 1. The topological polar surface area (TPSA) is 93.7 Å². The molecule has 3 aromatic rings. The number of benzene rings is 3. The van der Waals surface area contributed by atoms with Gasteiger partial charge in [-0.25, -0.2) is 9.18 Å². The normalized spacial score (nSPS) is 14.8. The Kier molecular flexibility index (Phi) is 4.89. The van der Waals surface area contributed by atoms with Crippen molar-refractivity contribution >= 4 is 40.6 Å². The van der Waals surface area contributed by atoms with Crippen LogP contribution in [-0.2, 0) is 0 Å². The molecule has 0 atom stereocenters. The predicted molar refractivity (Wildman–Crippen MR) is 122 cm³/mol. The predicted octanol–water partition coefficient (Wildman–Crippen LogP) is 5.17. The molecular formula is C24H23FN4O2. The van der Waals surface area contributed by atoms with Crippen LogP contribution in [0, 0.1) is 11.2 Å². The molecule has 31 heavy (non-hydrogen) atoms. The molecule has 0 amide bonds. The van der Waals surface area contributed by atoms with Crippen LogP contribution in [0.15, 0.2) is 60.7 Å². The third kappa shape index (κ3) is 3.59. The maximum atomic E-state index is 13.5. The molecule has 4 N–H and O–H groups in total. The number of carboxylic acid groups (broad SMARTS) is 1. The maximum Gasteiger partial charge on any atom is 0.335 e. The second kappa shape index (κ2) is 7.43. The van der Waals surface area contributed by atoms with Gasteiger partial charge < -0.3 is 26.0 Å². The molecule has 0 fully saturated rings. The summed E-state index contributed by atoms with van der Waals surface area (Å²) in [6, 6.07) is 16.7. The minimum Gasteiger partial charge on any atom is -0.478 e. The molecule has 0 aromatic heterocycles. The molecular weight excluding hydrogens is 395 g/mol. The Balaban J connectivity index is 1.91. The van der Waals surface area contributed by atoms with E-state index in [9.17, 15) is 14.3 Å². The van der Waals surface area contributed by atoms with E-state index in [0.29, 0.717) is 17.8 Å². The highest BCUT2D eigenvalue weighted by molar-refractivity contribution is 5.95. The van der Waals surface area contributed by atoms with Gasteiger partial charge in [-0.1, -0.05) is 0 Å². The zero-order valence-electron chi connectivity index (χ0n) is 17.3. The summed E-state index contributed by atoms with van der Waals surface area (Å²) in [5.41, 5.74) is 10.4. The Hall–Kier alpha value is -3.87. The minimum atomic E-state index is -0.979. The Morgan fingerprint density at radius 1 is 1.06 bits per heavy atom. The van der Waals surface area contributed by atoms with Crippen molar-refractivity contribution in [1.82, 2.24) is 0 Å². The van der Waals surface area contributed by atoms with Gasteiger partial charge in [0.15, 0.2) is 0 Å². The summed E-state index contributed by atoms with van der Waals surface area (Å²) in [5, 5.41) is 17.0. The average molecular weight is 418 g/mol. The molecule has 158 valence electrons. The van der Waals surface area contributed by atoms with E-state index < -0.39 is 11.5 Å². The van der Waals surface area contributed by atoms with Gasteiger partial charge in [0.2, 0.25) is 0 Å². The lowest BCUT2D eigenvalue weighted by Crippen LogP contribution is -2.52. The quantitative estimate of drug-likeness (QED) is 0.401. The third-order valence-corrected chi connectivity index (χ3v) is 5.53. The van der Waals surface area contributed by atoms with E-state index in [2.05, 4.69) is 23.6 Å². The first-order valence-corrected chi connectivity index (χ1v) is 9.82. The maximum absolute atomic E-state index is 13.5. The van der Waals surface area contributed by atoms with Crippen LogP contribution in [0.25, 0.3) is 0 Å². The number of hydrogen-bond acceptors (Lipinski definition) is 5. The molecule has 0 saturated carbocycles. The first-order chi connectivity index (χ1) is 14.7. The van der Waals surface area contributed by atoms with Crippen molar-refractivity contribution in [3.8, 4) is 0 Å². The van der Waals surface area contributed by atoms with Gasteiger partial charge in [-0.05, 0) is 74.5 Å².